The maximum absolute atomic E-state index is 12.8. The first-order valence-electron chi connectivity index (χ1n) is 4.05. The first-order chi connectivity index (χ1) is 6.75. The molecule has 0 aromatic heterocycles. The minimum absolute atomic E-state index is 0. The van der Waals surface area contributed by atoms with Gasteiger partial charge in [0.15, 0.2) is 11.6 Å². The van der Waals surface area contributed by atoms with Crippen molar-refractivity contribution >= 4 is 12.4 Å². The van der Waals surface area contributed by atoms with Crippen molar-refractivity contribution in [2.45, 2.75) is 19.1 Å². The van der Waals surface area contributed by atoms with Crippen LogP contribution >= 0.6 is 12.4 Å². The van der Waals surface area contributed by atoms with E-state index in [-0.39, 0.29) is 18.0 Å². The van der Waals surface area contributed by atoms with Crippen molar-refractivity contribution in [1.82, 2.24) is 0 Å². The molecule has 1 aromatic rings. The first-order valence-corrected chi connectivity index (χ1v) is 4.05. The molecule has 1 aromatic carbocycles. The van der Waals surface area contributed by atoms with Gasteiger partial charge in [-0.05, 0) is 18.6 Å². The lowest BCUT2D eigenvalue weighted by atomic mass is 10.00. The number of alkyl halides is 3. The van der Waals surface area contributed by atoms with Crippen LogP contribution in [-0.4, -0.2) is 11.3 Å². The molecule has 0 heterocycles. The third kappa shape index (κ3) is 2.76. The third-order valence-electron chi connectivity index (χ3n) is 2.05. The summed E-state index contributed by atoms with van der Waals surface area (Å²) in [6.45, 7) is 1.32. The normalized spacial score (nSPS) is 13.1. The van der Waals surface area contributed by atoms with Crippen LogP contribution < -0.4 is 5.73 Å². The summed E-state index contributed by atoms with van der Waals surface area (Å²) in [6.07, 6.45) is -4.71. The van der Waals surface area contributed by atoms with Gasteiger partial charge in [-0.3, -0.25) is 0 Å². The highest BCUT2D eigenvalue weighted by Crippen LogP contribution is 2.37. The van der Waals surface area contributed by atoms with Gasteiger partial charge in [0.2, 0.25) is 0 Å². The predicted molar refractivity (Wildman–Crippen MR) is 53.0 cm³/mol. The number of benzene rings is 1. The number of aromatic hydroxyl groups is 1. The van der Waals surface area contributed by atoms with E-state index in [1.54, 1.807) is 0 Å². The SMILES string of the molecule is Cc1ccc(F)c(O)c1[C@H](N)C(F)(F)F.Cl. The van der Waals surface area contributed by atoms with Crippen LogP contribution in [0.15, 0.2) is 12.1 Å². The van der Waals surface area contributed by atoms with Gasteiger partial charge in [-0.15, -0.1) is 12.4 Å². The van der Waals surface area contributed by atoms with Crippen LogP contribution in [-0.2, 0) is 0 Å². The molecule has 7 heteroatoms. The van der Waals surface area contributed by atoms with Gasteiger partial charge in [-0.1, -0.05) is 6.07 Å². The first kappa shape index (κ1) is 15.0. The minimum atomic E-state index is -4.71. The molecule has 1 atom stereocenters. The van der Waals surface area contributed by atoms with Crippen LogP contribution in [0.1, 0.15) is 17.2 Å². The van der Waals surface area contributed by atoms with Crippen LogP contribution in [0, 0.1) is 12.7 Å². The van der Waals surface area contributed by atoms with Crippen LogP contribution in [0.2, 0.25) is 0 Å². The quantitative estimate of drug-likeness (QED) is 0.762. The maximum atomic E-state index is 12.8. The van der Waals surface area contributed by atoms with E-state index in [2.05, 4.69) is 0 Å². The molecule has 0 unspecified atom stereocenters. The molecular weight excluding hydrogens is 250 g/mol. The molecule has 0 amide bonds. The van der Waals surface area contributed by atoms with E-state index in [0.717, 1.165) is 12.1 Å². The second kappa shape index (κ2) is 4.88. The highest BCUT2D eigenvalue weighted by Gasteiger charge is 2.40. The summed E-state index contributed by atoms with van der Waals surface area (Å²) in [5, 5.41) is 9.16. The van der Waals surface area contributed by atoms with Crippen molar-refractivity contribution in [3.05, 3.63) is 29.1 Å². The van der Waals surface area contributed by atoms with E-state index in [1.807, 2.05) is 0 Å². The molecule has 0 aliphatic rings. The molecule has 0 fully saturated rings. The van der Waals surface area contributed by atoms with Crippen molar-refractivity contribution in [3.63, 3.8) is 0 Å². The van der Waals surface area contributed by atoms with E-state index in [4.69, 9.17) is 10.8 Å². The minimum Gasteiger partial charge on any atom is -0.505 e. The molecule has 2 nitrogen and oxygen atoms in total. The summed E-state index contributed by atoms with van der Waals surface area (Å²) in [5.74, 6) is -2.16. The monoisotopic (exact) mass is 259 g/mol. The molecular formula is C9H10ClF4NO. The summed E-state index contributed by atoms with van der Waals surface area (Å²) in [7, 11) is 0. The molecule has 1 rings (SSSR count). The van der Waals surface area contributed by atoms with Crippen LogP contribution in [0.4, 0.5) is 17.6 Å². The van der Waals surface area contributed by atoms with Crippen molar-refractivity contribution in [3.8, 4) is 5.75 Å². The number of rotatable bonds is 1. The summed E-state index contributed by atoms with van der Waals surface area (Å²) in [6, 6.07) is -0.360. The molecule has 0 saturated heterocycles. The molecule has 0 radical (unpaired) electrons. The Bertz CT molecular complexity index is 381. The second-order valence-corrected chi connectivity index (χ2v) is 3.15. The Balaban J connectivity index is 0.00000225. The van der Waals surface area contributed by atoms with Gasteiger partial charge in [0, 0.05) is 5.56 Å². The van der Waals surface area contributed by atoms with Gasteiger partial charge < -0.3 is 10.8 Å². The average molecular weight is 260 g/mol. The summed E-state index contributed by atoms with van der Waals surface area (Å²) < 4.78 is 49.6. The van der Waals surface area contributed by atoms with Gasteiger partial charge in [0.05, 0.1) is 0 Å². The zero-order chi connectivity index (χ0) is 11.8. The van der Waals surface area contributed by atoms with Crippen LogP contribution in [0.5, 0.6) is 5.75 Å². The van der Waals surface area contributed by atoms with Gasteiger partial charge in [0.25, 0.3) is 0 Å². The van der Waals surface area contributed by atoms with Gasteiger partial charge in [-0.2, -0.15) is 13.2 Å². The average Bonchev–Trinajstić information content (AvgIpc) is 2.10. The van der Waals surface area contributed by atoms with Crippen molar-refractivity contribution in [2.75, 3.05) is 0 Å². The van der Waals surface area contributed by atoms with E-state index >= 15 is 0 Å². The maximum Gasteiger partial charge on any atom is 0.407 e. The molecule has 0 aliphatic carbocycles. The van der Waals surface area contributed by atoms with Crippen LogP contribution in [0.25, 0.3) is 0 Å². The molecule has 0 saturated carbocycles. The van der Waals surface area contributed by atoms with E-state index < -0.39 is 29.3 Å². The molecule has 3 N–H and O–H groups in total. The number of nitrogens with two attached hydrogens (primary N) is 1. The number of hydrogen-bond donors (Lipinski definition) is 2. The fourth-order valence-electron chi connectivity index (χ4n) is 1.24. The third-order valence-corrected chi connectivity index (χ3v) is 2.05. The highest BCUT2D eigenvalue weighted by molar-refractivity contribution is 5.85. The number of halogens is 5. The Hall–Kier alpha value is -1.01. The Kier molecular flexibility index (Phi) is 4.57. The summed E-state index contributed by atoms with van der Waals surface area (Å²) in [4.78, 5) is 0. The van der Waals surface area contributed by atoms with E-state index in [9.17, 15) is 17.6 Å². The number of hydrogen-bond acceptors (Lipinski definition) is 2. The molecule has 0 bridgehead atoms. The topological polar surface area (TPSA) is 46.2 Å². The van der Waals surface area contributed by atoms with Crippen molar-refractivity contribution in [1.29, 1.82) is 0 Å². The number of phenols is 1. The van der Waals surface area contributed by atoms with Gasteiger partial charge >= 0.3 is 6.18 Å². The zero-order valence-corrected chi connectivity index (χ0v) is 8.99. The number of phenolic OH excluding ortho intramolecular Hbond substituents is 1. The Morgan fingerprint density at radius 3 is 2.25 bits per heavy atom. The lowest BCUT2D eigenvalue weighted by Gasteiger charge is -2.19. The second-order valence-electron chi connectivity index (χ2n) is 3.15. The largest absolute Gasteiger partial charge is 0.505 e. The molecule has 92 valence electrons. The summed E-state index contributed by atoms with van der Waals surface area (Å²) in [5.41, 5.74) is 4.36. The van der Waals surface area contributed by atoms with E-state index in [0.29, 0.717) is 0 Å². The Labute approximate surface area is 95.5 Å². The molecule has 0 spiro atoms. The lowest BCUT2D eigenvalue weighted by molar-refractivity contribution is -0.149. The zero-order valence-electron chi connectivity index (χ0n) is 8.18. The standard InChI is InChI=1S/C9H9F4NO.ClH/c1-4-2-3-5(10)7(15)6(4)8(14)9(11,12)13;/h2-3,8,15H,14H2,1H3;1H/t8-;/m0./s1. The van der Waals surface area contributed by atoms with Crippen molar-refractivity contribution < 1.29 is 22.7 Å². The summed E-state index contributed by atoms with van der Waals surface area (Å²) >= 11 is 0. The molecule has 16 heavy (non-hydrogen) atoms. The smallest absolute Gasteiger partial charge is 0.407 e. The molecule has 0 aliphatic heterocycles. The fourth-order valence-corrected chi connectivity index (χ4v) is 1.24. The van der Waals surface area contributed by atoms with Crippen LogP contribution in [0.3, 0.4) is 0 Å². The van der Waals surface area contributed by atoms with Gasteiger partial charge in [-0.25, -0.2) is 4.39 Å². The highest BCUT2D eigenvalue weighted by atomic mass is 35.5. The fraction of sp³-hybridized carbons (Fsp3) is 0.333. The van der Waals surface area contributed by atoms with Crippen molar-refractivity contribution in [2.24, 2.45) is 5.73 Å². The Morgan fingerprint density at radius 1 is 1.31 bits per heavy atom. The lowest BCUT2D eigenvalue weighted by Crippen LogP contribution is -2.29. The predicted octanol–water partition coefficient (Wildman–Crippen LogP) is 2.82. The van der Waals surface area contributed by atoms with E-state index in [1.165, 1.54) is 6.92 Å². The Morgan fingerprint density at radius 2 is 1.81 bits per heavy atom. The number of aryl methyl sites for hydroxylation is 1. The van der Waals surface area contributed by atoms with Gasteiger partial charge in [0.1, 0.15) is 6.04 Å².